The second kappa shape index (κ2) is 14.8. The molecule has 3 aromatic carbocycles. The van der Waals surface area contributed by atoms with Crippen LogP contribution in [0.5, 0.6) is 0 Å². The molecule has 9 heteroatoms. The van der Waals surface area contributed by atoms with Gasteiger partial charge in [-0.25, -0.2) is 4.79 Å². The molecule has 0 aromatic heterocycles. The number of hydrogen-bond acceptors (Lipinski definition) is 5. The van der Waals surface area contributed by atoms with Crippen LogP contribution in [0.25, 0.3) is 11.1 Å². The number of thioether (sulfide) groups is 1. The number of benzene rings is 3. The summed E-state index contributed by atoms with van der Waals surface area (Å²) in [5.74, 6) is 1.41. The predicted octanol–water partition coefficient (Wildman–Crippen LogP) is 6.85. The fourth-order valence-corrected chi connectivity index (χ4v) is 7.10. The lowest BCUT2D eigenvalue weighted by molar-refractivity contribution is 0.175. The lowest BCUT2D eigenvalue weighted by atomic mass is 9.95. The molecule has 0 bridgehead atoms. The van der Waals surface area contributed by atoms with Crippen molar-refractivity contribution in [2.45, 2.75) is 30.0 Å². The van der Waals surface area contributed by atoms with Crippen LogP contribution in [0.3, 0.4) is 0 Å². The summed E-state index contributed by atoms with van der Waals surface area (Å²) in [5, 5.41) is 6.88. The molecule has 0 atom stereocenters. The topological polar surface area (TPSA) is 50.9 Å². The summed E-state index contributed by atoms with van der Waals surface area (Å²) in [4.78, 5) is 20.2. The van der Waals surface area contributed by atoms with E-state index >= 15 is 0 Å². The number of piperidine rings is 1. The van der Waals surface area contributed by atoms with Crippen LogP contribution in [0, 0.1) is 5.92 Å². The van der Waals surface area contributed by atoms with E-state index in [9.17, 15) is 4.79 Å². The molecule has 5 rings (SSSR count). The van der Waals surface area contributed by atoms with Gasteiger partial charge >= 0.3 is 6.03 Å². The zero-order valence-electron chi connectivity index (χ0n) is 24.5. The van der Waals surface area contributed by atoms with Crippen molar-refractivity contribution < 1.29 is 4.79 Å². The molecule has 2 aliphatic heterocycles. The van der Waals surface area contributed by atoms with Crippen LogP contribution in [-0.4, -0.2) is 75.7 Å². The van der Waals surface area contributed by atoms with Crippen molar-refractivity contribution in [3.05, 3.63) is 81.8 Å². The van der Waals surface area contributed by atoms with Gasteiger partial charge in [-0.15, -0.1) is 11.8 Å². The van der Waals surface area contributed by atoms with Crippen LogP contribution in [0.2, 0.25) is 10.0 Å². The standard InChI is InChI=1S/C33H41Cl2N5OS/c1-36-33(41)37-21-24-7-9-39(10-8-24)22-25-15-26(17-27(16-25)28-18-29(34)20-30(35)19-28)23-42-32-5-3-31(4-6-32)40-13-11-38(2)12-14-40/h3-6,15-20,24H,7-14,21-23H2,1-2H3,(H2,36,37,41). The van der Waals surface area contributed by atoms with E-state index in [1.54, 1.807) is 13.1 Å². The SMILES string of the molecule is CNC(=O)NCC1CCN(Cc2cc(CSc3ccc(N4CCN(C)CC4)cc3)cc(-c3cc(Cl)cc(Cl)c3)c2)CC1. The van der Waals surface area contributed by atoms with Crippen molar-refractivity contribution in [3.63, 3.8) is 0 Å². The summed E-state index contributed by atoms with van der Waals surface area (Å²) in [6, 6.07) is 21.6. The maximum absolute atomic E-state index is 11.6. The Labute approximate surface area is 264 Å². The van der Waals surface area contributed by atoms with E-state index in [2.05, 4.69) is 74.8 Å². The monoisotopic (exact) mass is 625 g/mol. The highest BCUT2D eigenvalue weighted by atomic mass is 35.5. The van der Waals surface area contributed by atoms with Crippen LogP contribution >= 0.6 is 35.0 Å². The minimum atomic E-state index is -0.105. The Morgan fingerprint density at radius 2 is 1.50 bits per heavy atom. The smallest absolute Gasteiger partial charge is 0.314 e. The molecule has 224 valence electrons. The highest BCUT2D eigenvalue weighted by Crippen LogP contribution is 2.32. The molecule has 0 radical (unpaired) electrons. The van der Waals surface area contributed by atoms with Crippen LogP contribution in [0.1, 0.15) is 24.0 Å². The number of rotatable bonds is 9. The maximum Gasteiger partial charge on any atom is 0.314 e. The van der Waals surface area contributed by atoms with Gasteiger partial charge in [0.1, 0.15) is 0 Å². The fraction of sp³-hybridized carbons (Fsp3) is 0.424. The maximum atomic E-state index is 11.6. The highest BCUT2D eigenvalue weighted by Gasteiger charge is 2.20. The Hall–Kier alpha value is -2.42. The molecule has 0 unspecified atom stereocenters. The van der Waals surface area contributed by atoms with Crippen LogP contribution in [0.4, 0.5) is 10.5 Å². The molecule has 0 saturated carbocycles. The molecule has 2 heterocycles. The molecule has 0 aliphatic carbocycles. The van der Waals surface area contributed by atoms with Crippen LogP contribution in [0.15, 0.2) is 65.6 Å². The van der Waals surface area contributed by atoms with Gasteiger partial charge in [0.25, 0.3) is 0 Å². The number of carbonyl (C=O) groups excluding carboxylic acids is 1. The molecule has 2 amide bonds. The predicted molar refractivity (Wildman–Crippen MR) is 178 cm³/mol. The number of likely N-dealkylation sites (N-methyl/N-ethyl adjacent to an activating group) is 1. The summed E-state index contributed by atoms with van der Waals surface area (Å²) in [7, 11) is 3.84. The second-order valence-corrected chi connectivity index (χ2v) is 13.4. The number of amides is 2. The molecule has 3 aromatic rings. The van der Waals surface area contributed by atoms with Crippen LogP contribution < -0.4 is 15.5 Å². The molecule has 2 N–H and O–H groups in total. The van der Waals surface area contributed by atoms with Gasteiger partial charge in [0.2, 0.25) is 0 Å². The number of nitrogens with one attached hydrogen (secondary N) is 2. The zero-order chi connectivity index (χ0) is 29.5. The summed E-state index contributed by atoms with van der Waals surface area (Å²) < 4.78 is 0. The van der Waals surface area contributed by atoms with E-state index in [1.807, 2.05) is 23.9 Å². The highest BCUT2D eigenvalue weighted by molar-refractivity contribution is 7.98. The summed E-state index contributed by atoms with van der Waals surface area (Å²) in [5.41, 5.74) is 6.07. The van der Waals surface area contributed by atoms with E-state index in [0.717, 1.165) is 82.1 Å². The van der Waals surface area contributed by atoms with Crippen molar-refractivity contribution >= 4 is 46.7 Å². The molecule has 42 heavy (non-hydrogen) atoms. The lowest BCUT2D eigenvalue weighted by Crippen LogP contribution is -2.44. The first-order valence-corrected chi connectivity index (χ1v) is 16.5. The number of nitrogens with zero attached hydrogens (tertiary/aromatic N) is 3. The number of piperazine rings is 1. The second-order valence-electron chi connectivity index (χ2n) is 11.4. The Balaban J connectivity index is 1.26. The largest absolute Gasteiger partial charge is 0.369 e. The van der Waals surface area contributed by atoms with Gasteiger partial charge in [-0.2, -0.15) is 0 Å². The first-order valence-electron chi connectivity index (χ1n) is 14.8. The molecule has 0 spiro atoms. The fourth-order valence-electron chi connectivity index (χ4n) is 5.74. The lowest BCUT2D eigenvalue weighted by Gasteiger charge is -2.34. The third-order valence-corrected chi connectivity index (χ3v) is 9.77. The van der Waals surface area contributed by atoms with Crippen molar-refractivity contribution in [2.75, 3.05) is 64.8 Å². The zero-order valence-corrected chi connectivity index (χ0v) is 26.9. The van der Waals surface area contributed by atoms with Gasteiger partial charge in [0, 0.05) is 72.7 Å². The molecule has 6 nitrogen and oxygen atoms in total. The van der Waals surface area contributed by atoms with Gasteiger partial charge in [-0.1, -0.05) is 35.3 Å². The summed E-state index contributed by atoms with van der Waals surface area (Å²) in [6.45, 7) is 8.06. The Kier molecular flexibility index (Phi) is 11.0. The average Bonchev–Trinajstić information content (AvgIpc) is 2.99. The van der Waals surface area contributed by atoms with E-state index in [4.69, 9.17) is 23.2 Å². The average molecular weight is 627 g/mol. The van der Waals surface area contributed by atoms with Gasteiger partial charge in [0.05, 0.1) is 0 Å². The molecule has 2 saturated heterocycles. The molecule has 2 fully saturated rings. The quantitative estimate of drug-likeness (QED) is 0.255. The Morgan fingerprint density at radius 3 is 2.17 bits per heavy atom. The van der Waals surface area contributed by atoms with Crippen LogP contribution in [-0.2, 0) is 12.3 Å². The van der Waals surface area contributed by atoms with Crippen molar-refractivity contribution in [2.24, 2.45) is 5.92 Å². The first-order chi connectivity index (χ1) is 20.3. The van der Waals surface area contributed by atoms with E-state index in [-0.39, 0.29) is 6.03 Å². The number of urea groups is 1. The number of anilines is 1. The van der Waals surface area contributed by atoms with Gasteiger partial charge in [0.15, 0.2) is 0 Å². The van der Waals surface area contributed by atoms with Crippen molar-refractivity contribution in [3.8, 4) is 11.1 Å². The third kappa shape index (κ3) is 8.80. The molecule has 2 aliphatic rings. The first kappa shape index (κ1) is 31.0. The number of likely N-dealkylation sites (tertiary alicyclic amines) is 1. The molecular weight excluding hydrogens is 585 g/mol. The summed E-state index contributed by atoms with van der Waals surface area (Å²) in [6.07, 6.45) is 2.17. The minimum absolute atomic E-state index is 0.105. The number of carbonyl (C=O) groups is 1. The van der Waals surface area contributed by atoms with Gasteiger partial charge in [-0.05, 0) is 110 Å². The van der Waals surface area contributed by atoms with Gasteiger partial charge in [-0.3, -0.25) is 4.90 Å². The van der Waals surface area contributed by atoms with E-state index < -0.39 is 0 Å². The van der Waals surface area contributed by atoms with Gasteiger partial charge < -0.3 is 20.4 Å². The van der Waals surface area contributed by atoms with Crippen molar-refractivity contribution in [1.29, 1.82) is 0 Å². The number of hydrogen-bond donors (Lipinski definition) is 2. The van der Waals surface area contributed by atoms with Crippen molar-refractivity contribution in [1.82, 2.24) is 20.4 Å². The minimum Gasteiger partial charge on any atom is -0.369 e. The van der Waals surface area contributed by atoms with E-state index in [1.165, 1.54) is 21.7 Å². The Morgan fingerprint density at radius 1 is 0.857 bits per heavy atom. The normalized spacial score (nSPS) is 16.9. The summed E-state index contributed by atoms with van der Waals surface area (Å²) >= 11 is 14.6. The number of halogens is 2. The third-order valence-electron chi connectivity index (χ3n) is 8.25. The van der Waals surface area contributed by atoms with E-state index in [0.29, 0.717) is 16.0 Å². The Bertz CT molecular complexity index is 1320. The molecular formula is C33H41Cl2N5OS.